The summed E-state index contributed by atoms with van der Waals surface area (Å²) < 4.78 is 0. The molecule has 0 aromatic carbocycles. The van der Waals surface area contributed by atoms with Crippen LogP contribution in [0.5, 0.6) is 0 Å². The third-order valence-electron chi connectivity index (χ3n) is 4.18. The van der Waals surface area contributed by atoms with Gasteiger partial charge in [0.25, 0.3) is 0 Å². The number of rotatable bonds is 4. The third-order valence-corrected chi connectivity index (χ3v) is 5.48. The van der Waals surface area contributed by atoms with Crippen LogP contribution in [-0.2, 0) is 18.5 Å². The summed E-state index contributed by atoms with van der Waals surface area (Å²) in [5.41, 5.74) is 7.54. The molecule has 0 fully saturated rings. The SMILES string of the molecule is CCC(N)(CC)c1nc2c(s1)CN(C(C)C)CC2. The van der Waals surface area contributed by atoms with Crippen LogP contribution in [0.3, 0.4) is 0 Å². The van der Waals surface area contributed by atoms with E-state index in [1.54, 1.807) is 0 Å². The van der Waals surface area contributed by atoms with Crippen molar-refractivity contribution >= 4 is 11.3 Å². The van der Waals surface area contributed by atoms with Crippen molar-refractivity contribution in [1.82, 2.24) is 9.88 Å². The molecule has 18 heavy (non-hydrogen) atoms. The molecule has 1 aromatic heterocycles. The van der Waals surface area contributed by atoms with Crippen LogP contribution >= 0.6 is 11.3 Å². The van der Waals surface area contributed by atoms with Gasteiger partial charge in [0.1, 0.15) is 5.01 Å². The molecule has 0 saturated heterocycles. The maximum Gasteiger partial charge on any atom is 0.113 e. The molecule has 2 heterocycles. The average molecular weight is 267 g/mol. The van der Waals surface area contributed by atoms with Crippen LogP contribution < -0.4 is 5.73 Å². The van der Waals surface area contributed by atoms with E-state index in [9.17, 15) is 0 Å². The van der Waals surface area contributed by atoms with E-state index in [0.717, 1.165) is 37.4 Å². The molecule has 4 heteroatoms. The quantitative estimate of drug-likeness (QED) is 0.912. The molecule has 1 aromatic rings. The van der Waals surface area contributed by atoms with E-state index in [-0.39, 0.29) is 5.54 Å². The Bertz CT molecular complexity index is 407. The van der Waals surface area contributed by atoms with Gasteiger partial charge in [0.2, 0.25) is 0 Å². The summed E-state index contributed by atoms with van der Waals surface area (Å²) in [4.78, 5) is 8.77. The van der Waals surface area contributed by atoms with Gasteiger partial charge in [-0.3, -0.25) is 4.90 Å². The highest BCUT2D eigenvalue weighted by Gasteiger charge is 2.30. The molecule has 0 saturated carbocycles. The van der Waals surface area contributed by atoms with E-state index in [1.807, 2.05) is 11.3 Å². The first-order valence-electron chi connectivity index (χ1n) is 7.02. The summed E-state index contributed by atoms with van der Waals surface area (Å²) in [5, 5.41) is 1.14. The maximum atomic E-state index is 6.46. The van der Waals surface area contributed by atoms with E-state index in [4.69, 9.17) is 10.7 Å². The largest absolute Gasteiger partial charge is 0.319 e. The highest BCUT2D eigenvalue weighted by molar-refractivity contribution is 7.11. The molecule has 0 unspecified atom stereocenters. The molecule has 0 radical (unpaired) electrons. The van der Waals surface area contributed by atoms with Crippen molar-refractivity contribution in [3.63, 3.8) is 0 Å². The van der Waals surface area contributed by atoms with Gasteiger partial charge in [-0.2, -0.15) is 0 Å². The fourth-order valence-corrected chi connectivity index (χ4v) is 3.80. The maximum absolute atomic E-state index is 6.46. The zero-order valence-electron chi connectivity index (χ0n) is 12.0. The van der Waals surface area contributed by atoms with Crippen LogP contribution in [0.15, 0.2) is 0 Å². The molecule has 0 amide bonds. The van der Waals surface area contributed by atoms with Gasteiger partial charge in [0, 0.05) is 30.4 Å². The summed E-state index contributed by atoms with van der Waals surface area (Å²) in [5.74, 6) is 0. The van der Waals surface area contributed by atoms with Crippen LogP contribution in [0.2, 0.25) is 0 Å². The summed E-state index contributed by atoms with van der Waals surface area (Å²) in [6.07, 6.45) is 3.00. The molecule has 1 aliphatic heterocycles. The van der Waals surface area contributed by atoms with Crippen molar-refractivity contribution in [2.45, 2.75) is 65.1 Å². The second-order valence-corrected chi connectivity index (χ2v) is 6.65. The Hall–Kier alpha value is -0.450. The van der Waals surface area contributed by atoms with Gasteiger partial charge in [-0.1, -0.05) is 13.8 Å². The van der Waals surface area contributed by atoms with Gasteiger partial charge in [0.15, 0.2) is 0 Å². The second kappa shape index (κ2) is 5.27. The fraction of sp³-hybridized carbons (Fsp3) is 0.786. The molecular formula is C14H25N3S. The summed E-state index contributed by atoms with van der Waals surface area (Å²) >= 11 is 1.83. The Morgan fingerprint density at radius 3 is 2.61 bits per heavy atom. The number of aromatic nitrogens is 1. The minimum atomic E-state index is -0.218. The van der Waals surface area contributed by atoms with Crippen LogP contribution in [0, 0.1) is 0 Å². The Labute approximate surface area is 114 Å². The van der Waals surface area contributed by atoms with Gasteiger partial charge < -0.3 is 5.73 Å². The predicted octanol–water partition coefficient (Wildman–Crippen LogP) is 2.88. The Balaban J connectivity index is 2.25. The van der Waals surface area contributed by atoms with Crippen molar-refractivity contribution < 1.29 is 0 Å². The first kappa shape index (κ1) is 14.0. The van der Waals surface area contributed by atoms with E-state index < -0.39 is 0 Å². The van der Waals surface area contributed by atoms with Crippen LogP contribution in [-0.4, -0.2) is 22.5 Å². The molecule has 2 rings (SSSR count). The standard InChI is InChI=1S/C14H25N3S/c1-5-14(15,6-2)13-16-11-7-8-17(10(3)4)9-12(11)18-13/h10H,5-9,15H2,1-4H3. The minimum Gasteiger partial charge on any atom is -0.319 e. The highest BCUT2D eigenvalue weighted by atomic mass is 32.1. The number of fused-ring (bicyclic) bond motifs is 1. The van der Waals surface area contributed by atoms with Crippen LogP contribution in [0.1, 0.15) is 56.1 Å². The fourth-order valence-electron chi connectivity index (χ4n) is 2.42. The normalized spacial score (nSPS) is 17.2. The van der Waals surface area contributed by atoms with Crippen molar-refractivity contribution in [2.24, 2.45) is 5.73 Å². The van der Waals surface area contributed by atoms with Crippen molar-refractivity contribution in [3.05, 3.63) is 15.6 Å². The third kappa shape index (κ3) is 2.46. The van der Waals surface area contributed by atoms with Gasteiger partial charge in [-0.15, -0.1) is 11.3 Å². The van der Waals surface area contributed by atoms with Crippen molar-refractivity contribution in [3.8, 4) is 0 Å². The predicted molar refractivity (Wildman–Crippen MR) is 77.8 cm³/mol. The van der Waals surface area contributed by atoms with E-state index in [0.29, 0.717) is 6.04 Å². The van der Waals surface area contributed by atoms with Crippen molar-refractivity contribution in [1.29, 1.82) is 0 Å². The Morgan fingerprint density at radius 2 is 2.06 bits per heavy atom. The summed E-state index contributed by atoms with van der Waals surface area (Å²) in [7, 11) is 0. The zero-order chi connectivity index (χ0) is 13.3. The molecule has 102 valence electrons. The lowest BCUT2D eigenvalue weighted by Crippen LogP contribution is -2.35. The van der Waals surface area contributed by atoms with E-state index >= 15 is 0 Å². The lowest BCUT2D eigenvalue weighted by Gasteiger charge is -2.29. The summed E-state index contributed by atoms with van der Waals surface area (Å²) in [6, 6.07) is 0.615. The smallest absolute Gasteiger partial charge is 0.113 e. The molecule has 3 nitrogen and oxygen atoms in total. The second-order valence-electron chi connectivity index (χ2n) is 5.57. The van der Waals surface area contributed by atoms with E-state index in [2.05, 4.69) is 32.6 Å². The monoisotopic (exact) mass is 267 g/mol. The average Bonchev–Trinajstić information content (AvgIpc) is 2.80. The molecule has 0 bridgehead atoms. The van der Waals surface area contributed by atoms with Gasteiger partial charge >= 0.3 is 0 Å². The Kier molecular flexibility index (Phi) is 4.09. The topological polar surface area (TPSA) is 42.1 Å². The van der Waals surface area contributed by atoms with Gasteiger partial charge in [-0.25, -0.2) is 4.98 Å². The summed E-state index contributed by atoms with van der Waals surface area (Å²) in [6.45, 7) is 11.0. The molecule has 1 aliphatic rings. The van der Waals surface area contributed by atoms with Gasteiger partial charge in [-0.05, 0) is 26.7 Å². The van der Waals surface area contributed by atoms with Crippen LogP contribution in [0.25, 0.3) is 0 Å². The lowest BCUT2D eigenvalue weighted by molar-refractivity contribution is 0.204. The Morgan fingerprint density at radius 1 is 1.39 bits per heavy atom. The van der Waals surface area contributed by atoms with Crippen LogP contribution in [0.4, 0.5) is 0 Å². The number of hydrogen-bond acceptors (Lipinski definition) is 4. The number of nitrogens with zero attached hydrogens (tertiary/aromatic N) is 2. The van der Waals surface area contributed by atoms with E-state index in [1.165, 1.54) is 10.6 Å². The van der Waals surface area contributed by atoms with Crippen molar-refractivity contribution in [2.75, 3.05) is 6.54 Å². The molecule has 0 atom stereocenters. The highest BCUT2D eigenvalue weighted by Crippen LogP contribution is 2.34. The first-order valence-corrected chi connectivity index (χ1v) is 7.83. The lowest BCUT2D eigenvalue weighted by atomic mass is 9.95. The zero-order valence-corrected chi connectivity index (χ0v) is 12.8. The van der Waals surface area contributed by atoms with Gasteiger partial charge in [0.05, 0.1) is 11.2 Å². The molecule has 0 spiro atoms. The minimum absolute atomic E-state index is 0.218. The first-order chi connectivity index (χ1) is 8.50. The number of thiazole rings is 1. The number of hydrogen-bond donors (Lipinski definition) is 1. The molecular weight excluding hydrogens is 242 g/mol. The molecule has 2 N–H and O–H groups in total. The molecule has 0 aliphatic carbocycles. The number of nitrogens with two attached hydrogens (primary N) is 1.